The number of aliphatic hydroxyl groups excluding tert-OH is 2. The number of aliphatic hydroxyl groups is 2. The maximum absolute atomic E-state index is 12.9. The van der Waals surface area contributed by atoms with Gasteiger partial charge in [-0.15, -0.1) is 11.6 Å². The minimum atomic E-state index is -1.24. The minimum Gasteiger partial charge on any atom is -0.490 e. The highest BCUT2D eigenvalue weighted by atomic mass is 35.5. The average Bonchev–Trinajstić information content (AvgIpc) is 3.08. The molecule has 0 bridgehead atoms. The van der Waals surface area contributed by atoms with Gasteiger partial charge in [0.15, 0.2) is 11.5 Å². The summed E-state index contributed by atoms with van der Waals surface area (Å²) in [4.78, 5) is 37.5. The first-order valence-corrected chi connectivity index (χ1v) is 16.9. The van der Waals surface area contributed by atoms with E-state index in [4.69, 9.17) is 30.5 Å². The molecular weight excluding hydrogens is 612 g/mol. The molecule has 2 aromatic rings. The van der Waals surface area contributed by atoms with Crippen LogP contribution in [0.3, 0.4) is 0 Å². The Morgan fingerprint density at radius 3 is 1.87 bits per heavy atom. The second-order valence-corrected chi connectivity index (χ2v) is 12.4. The van der Waals surface area contributed by atoms with Gasteiger partial charge in [0.25, 0.3) is 0 Å². The molecule has 0 saturated heterocycles. The number of ether oxygens (including phenoxy) is 4. The van der Waals surface area contributed by atoms with Gasteiger partial charge in [0.2, 0.25) is 5.75 Å². The third-order valence-corrected chi connectivity index (χ3v) is 8.55. The number of hydrogen-bond donors (Lipinski definition) is 2. The molecule has 0 aliphatic heterocycles. The first-order chi connectivity index (χ1) is 22.2. The normalized spacial score (nSPS) is 12.7. The molecule has 2 rings (SSSR count). The van der Waals surface area contributed by atoms with Crippen LogP contribution in [-0.2, 0) is 14.3 Å². The van der Waals surface area contributed by atoms with Crippen LogP contribution in [0, 0.1) is 11.3 Å². The van der Waals surface area contributed by atoms with Crippen LogP contribution in [0.2, 0.25) is 0 Å². The predicted octanol–water partition coefficient (Wildman–Crippen LogP) is 7.28. The van der Waals surface area contributed by atoms with Gasteiger partial charge in [0.1, 0.15) is 10.8 Å². The number of benzene rings is 2. The Labute approximate surface area is 278 Å². The summed E-state index contributed by atoms with van der Waals surface area (Å²) in [5.41, 5.74) is -0.884. The Kier molecular flexibility index (Phi) is 18.3. The second kappa shape index (κ2) is 21.6. The van der Waals surface area contributed by atoms with Crippen LogP contribution in [0.25, 0.3) is 0 Å². The maximum atomic E-state index is 12.9. The third-order valence-electron chi connectivity index (χ3n) is 7.95. The average molecular weight is 663 g/mol. The van der Waals surface area contributed by atoms with Crippen molar-refractivity contribution in [1.82, 2.24) is 0 Å². The molecule has 0 aliphatic rings. The van der Waals surface area contributed by atoms with E-state index in [2.05, 4.69) is 0 Å². The van der Waals surface area contributed by atoms with Crippen LogP contribution in [0.1, 0.15) is 102 Å². The van der Waals surface area contributed by atoms with Crippen molar-refractivity contribution < 1.29 is 43.5 Å². The molecule has 0 heterocycles. The Bertz CT molecular complexity index is 1180. The Hall–Kier alpha value is -3.14. The molecule has 2 aromatic carbocycles. The lowest BCUT2D eigenvalue weighted by Crippen LogP contribution is -2.37. The number of carbonyl (C=O) groups excluding carboxylic acids is 3. The van der Waals surface area contributed by atoms with Crippen molar-refractivity contribution in [3.8, 4) is 17.2 Å². The van der Waals surface area contributed by atoms with Crippen LogP contribution < -0.4 is 14.2 Å². The van der Waals surface area contributed by atoms with Gasteiger partial charge in [-0.1, -0.05) is 95.9 Å². The highest BCUT2D eigenvalue weighted by Gasteiger charge is 2.33. The van der Waals surface area contributed by atoms with Gasteiger partial charge in [-0.25, -0.2) is 4.79 Å². The Balaban J connectivity index is 1.74. The fourth-order valence-electron chi connectivity index (χ4n) is 4.44. The van der Waals surface area contributed by atoms with E-state index >= 15 is 0 Å². The van der Waals surface area contributed by atoms with Gasteiger partial charge in [-0.2, -0.15) is 0 Å². The van der Waals surface area contributed by atoms with E-state index < -0.39 is 41.9 Å². The van der Waals surface area contributed by atoms with Crippen LogP contribution in [0.4, 0.5) is 0 Å². The first-order valence-electron chi connectivity index (χ1n) is 16.4. The molecule has 10 heteroatoms. The summed E-state index contributed by atoms with van der Waals surface area (Å²) in [6, 6.07) is 13.5. The number of halogens is 1. The van der Waals surface area contributed by atoms with E-state index in [1.54, 1.807) is 48.5 Å². The molecule has 2 unspecified atom stereocenters. The number of para-hydroxylation sites is 1. The van der Waals surface area contributed by atoms with Crippen molar-refractivity contribution in [1.29, 1.82) is 0 Å². The zero-order chi connectivity index (χ0) is 33.8. The summed E-state index contributed by atoms with van der Waals surface area (Å²) in [7, 11) is 0. The molecule has 0 aliphatic carbocycles. The van der Waals surface area contributed by atoms with Gasteiger partial charge >= 0.3 is 17.9 Å². The zero-order valence-corrected chi connectivity index (χ0v) is 28.3. The van der Waals surface area contributed by atoms with Crippen molar-refractivity contribution >= 4 is 29.5 Å². The van der Waals surface area contributed by atoms with E-state index in [9.17, 15) is 24.6 Å². The third kappa shape index (κ3) is 13.3. The van der Waals surface area contributed by atoms with Crippen LogP contribution in [0.5, 0.6) is 17.2 Å². The largest absolute Gasteiger partial charge is 0.490 e. The van der Waals surface area contributed by atoms with Gasteiger partial charge in [-0.3, -0.25) is 9.59 Å². The number of carbonyl (C=O) groups is 3. The lowest BCUT2D eigenvalue weighted by atomic mass is 9.93. The summed E-state index contributed by atoms with van der Waals surface area (Å²) in [5.74, 6) is -1.42. The van der Waals surface area contributed by atoms with Crippen molar-refractivity contribution in [3.05, 3.63) is 54.1 Å². The minimum absolute atomic E-state index is 0.0460. The molecule has 0 saturated carbocycles. The van der Waals surface area contributed by atoms with Crippen molar-refractivity contribution in [2.45, 2.75) is 96.8 Å². The molecule has 2 N–H and O–H groups in total. The topological polar surface area (TPSA) is 129 Å². The van der Waals surface area contributed by atoms with E-state index in [0.29, 0.717) is 30.9 Å². The summed E-state index contributed by atoms with van der Waals surface area (Å²) < 4.78 is 22.5. The SMILES string of the molecule is CCC(C)C(Cl)C(=O)Oc1cccc(OCCCCCCCCCCCCOC(=O)C(C)(CO)CO)c1OC(=O)c1ccccc1. The van der Waals surface area contributed by atoms with Gasteiger partial charge < -0.3 is 29.2 Å². The molecule has 256 valence electrons. The highest BCUT2D eigenvalue weighted by molar-refractivity contribution is 6.30. The highest BCUT2D eigenvalue weighted by Crippen LogP contribution is 2.38. The van der Waals surface area contributed by atoms with Crippen LogP contribution in [-0.4, -0.2) is 59.9 Å². The summed E-state index contributed by atoms with van der Waals surface area (Å²) in [5, 5.41) is 17.6. The Morgan fingerprint density at radius 1 is 0.761 bits per heavy atom. The van der Waals surface area contributed by atoms with Crippen molar-refractivity contribution in [3.63, 3.8) is 0 Å². The molecular formula is C36H51ClO9. The number of hydrogen-bond acceptors (Lipinski definition) is 9. The quantitative estimate of drug-likeness (QED) is 0.0546. The van der Waals surface area contributed by atoms with Gasteiger partial charge in [-0.05, 0) is 49.9 Å². The van der Waals surface area contributed by atoms with E-state index in [1.807, 2.05) is 13.8 Å². The Morgan fingerprint density at radius 2 is 1.30 bits per heavy atom. The molecule has 46 heavy (non-hydrogen) atoms. The maximum Gasteiger partial charge on any atom is 0.343 e. The number of rotatable bonds is 23. The van der Waals surface area contributed by atoms with Crippen LogP contribution >= 0.6 is 11.6 Å². The zero-order valence-electron chi connectivity index (χ0n) is 27.5. The monoisotopic (exact) mass is 662 g/mol. The molecule has 2 atom stereocenters. The van der Waals surface area contributed by atoms with E-state index in [0.717, 1.165) is 64.2 Å². The predicted molar refractivity (Wildman–Crippen MR) is 177 cm³/mol. The molecule has 9 nitrogen and oxygen atoms in total. The smallest absolute Gasteiger partial charge is 0.343 e. The molecule has 0 amide bonds. The number of esters is 3. The summed E-state index contributed by atoms with van der Waals surface area (Å²) in [6.45, 7) is 5.13. The van der Waals surface area contributed by atoms with E-state index in [1.165, 1.54) is 6.92 Å². The number of alkyl halides is 1. The standard InChI is InChI=1S/C36H51ClO9/c1-4-27(2)31(37)34(41)45-30-22-18-21-29(32(30)46-33(40)28-19-14-13-15-20-28)43-23-16-11-9-7-5-6-8-10-12-17-24-44-35(42)36(3,25-38)26-39/h13-15,18-22,27,31,38-39H,4-12,16-17,23-26H2,1-3H3. The first kappa shape index (κ1) is 39.0. The summed E-state index contributed by atoms with van der Waals surface area (Å²) >= 11 is 6.31. The fourth-order valence-corrected chi connectivity index (χ4v) is 4.66. The van der Waals surface area contributed by atoms with Gasteiger partial charge in [0.05, 0.1) is 32.0 Å². The molecule has 0 spiro atoms. The van der Waals surface area contributed by atoms with Crippen LogP contribution in [0.15, 0.2) is 48.5 Å². The van der Waals surface area contributed by atoms with Crippen molar-refractivity contribution in [2.75, 3.05) is 26.4 Å². The number of unbranched alkanes of at least 4 members (excludes halogenated alkanes) is 9. The summed E-state index contributed by atoms with van der Waals surface area (Å²) in [6.07, 6.45) is 10.9. The van der Waals surface area contributed by atoms with Crippen molar-refractivity contribution in [2.24, 2.45) is 11.3 Å². The fraction of sp³-hybridized carbons (Fsp3) is 0.583. The lowest BCUT2D eigenvalue weighted by Gasteiger charge is -2.22. The second-order valence-electron chi connectivity index (χ2n) is 11.9. The lowest BCUT2D eigenvalue weighted by molar-refractivity contribution is -0.160. The van der Waals surface area contributed by atoms with Gasteiger partial charge in [0, 0.05) is 0 Å². The van der Waals surface area contributed by atoms with E-state index in [-0.39, 0.29) is 17.4 Å². The molecule has 0 radical (unpaired) electrons. The molecule has 0 fully saturated rings. The molecule has 0 aromatic heterocycles.